The molecule has 0 unspecified atom stereocenters. The molecule has 0 aromatic heterocycles. The Labute approximate surface area is 180 Å². The number of carbonyl (C=O) groups excluding carboxylic acids is 2. The number of rotatable bonds is 12. The van der Waals surface area contributed by atoms with Crippen molar-refractivity contribution in [3.05, 3.63) is 71.8 Å². The minimum Gasteiger partial charge on any atom is -0.410 e. The highest BCUT2D eigenvalue weighted by Gasteiger charge is 2.14. The number of hydrogen-bond acceptors (Lipinski definition) is 7. The summed E-state index contributed by atoms with van der Waals surface area (Å²) in [5, 5.41) is 33.0. The molecule has 0 heterocycles. The van der Waals surface area contributed by atoms with Gasteiger partial charge in [0.25, 0.3) is 11.8 Å². The van der Waals surface area contributed by atoms with Crippen molar-refractivity contribution in [3.8, 4) is 0 Å². The van der Waals surface area contributed by atoms with Crippen molar-refractivity contribution in [1.29, 1.82) is 0 Å². The maximum Gasteiger partial charge on any atom is 0.273 e. The first-order valence-corrected chi connectivity index (χ1v) is 9.99. The molecule has 0 saturated carbocycles. The van der Waals surface area contributed by atoms with Crippen LogP contribution in [0.5, 0.6) is 0 Å². The number of nitrogens with zero attached hydrogens (tertiary/aromatic N) is 2. The third kappa shape index (κ3) is 7.90. The Morgan fingerprint density at radius 2 is 1.03 bits per heavy atom. The second-order valence-corrected chi connectivity index (χ2v) is 6.60. The molecule has 0 fully saturated rings. The highest BCUT2D eigenvalue weighted by molar-refractivity contribution is 6.45. The van der Waals surface area contributed by atoms with Crippen molar-refractivity contribution in [2.24, 2.45) is 10.3 Å². The lowest BCUT2D eigenvalue weighted by Crippen LogP contribution is -2.35. The molecule has 0 aliphatic carbocycles. The van der Waals surface area contributed by atoms with Crippen LogP contribution in [-0.4, -0.2) is 59.8 Å². The molecule has 9 heteroatoms. The van der Waals surface area contributed by atoms with E-state index in [0.29, 0.717) is 50.1 Å². The van der Waals surface area contributed by atoms with E-state index in [1.54, 1.807) is 48.5 Å². The van der Waals surface area contributed by atoms with Gasteiger partial charge in [-0.1, -0.05) is 71.0 Å². The molecule has 164 valence electrons. The summed E-state index contributed by atoms with van der Waals surface area (Å²) >= 11 is 0. The van der Waals surface area contributed by atoms with Gasteiger partial charge in [0.2, 0.25) is 0 Å². The van der Waals surface area contributed by atoms with Crippen LogP contribution in [0.15, 0.2) is 71.0 Å². The van der Waals surface area contributed by atoms with Crippen LogP contribution >= 0.6 is 0 Å². The predicted molar refractivity (Wildman–Crippen MR) is 118 cm³/mol. The summed E-state index contributed by atoms with van der Waals surface area (Å²) < 4.78 is 0. The quantitative estimate of drug-likeness (QED) is 0.151. The molecular weight excluding hydrogens is 398 g/mol. The maximum atomic E-state index is 12.1. The van der Waals surface area contributed by atoms with E-state index < -0.39 is 11.8 Å². The summed E-state index contributed by atoms with van der Waals surface area (Å²) in [6.45, 7) is 2.22. The Bertz CT molecular complexity index is 812. The van der Waals surface area contributed by atoms with E-state index in [-0.39, 0.29) is 11.4 Å². The number of nitrogens with one attached hydrogen (secondary N) is 3. The van der Waals surface area contributed by atoms with Gasteiger partial charge in [-0.2, -0.15) is 0 Å². The van der Waals surface area contributed by atoms with Crippen LogP contribution in [0.1, 0.15) is 24.0 Å². The van der Waals surface area contributed by atoms with Crippen LogP contribution < -0.4 is 16.0 Å². The lowest BCUT2D eigenvalue weighted by Gasteiger charge is -2.09. The van der Waals surface area contributed by atoms with E-state index in [2.05, 4.69) is 26.3 Å². The Morgan fingerprint density at radius 3 is 1.39 bits per heavy atom. The first kappa shape index (κ1) is 23.6. The third-order valence-electron chi connectivity index (χ3n) is 4.36. The zero-order chi connectivity index (χ0) is 22.3. The summed E-state index contributed by atoms with van der Waals surface area (Å²) in [4.78, 5) is 24.2. The van der Waals surface area contributed by atoms with Gasteiger partial charge in [-0.15, -0.1) is 0 Å². The average Bonchev–Trinajstić information content (AvgIpc) is 2.80. The van der Waals surface area contributed by atoms with Crippen molar-refractivity contribution in [1.82, 2.24) is 16.0 Å². The van der Waals surface area contributed by atoms with Gasteiger partial charge in [0, 0.05) is 24.2 Å². The molecule has 0 aliphatic heterocycles. The number of hydrogen-bond donors (Lipinski definition) is 5. The minimum atomic E-state index is -0.434. The topological polar surface area (TPSA) is 135 Å². The molecule has 9 nitrogen and oxygen atoms in total. The molecule has 2 rings (SSSR count). The van der Waals surface area contributed by atoms with Gasteiger partial charge in [0.05, 0.1) is 0 Å². The summed E-state index contributed by atoms with van der Waals surface area (Å²) in [6.07, 6.45) is 1.39. The van der Waals surface area contributed by atoms with Crippen molar-refractivity contribution in [2.45, 2.75) is 12.8 Å². The number of benzene rings is 2. The Morgan fingerprint density at radius 1 is 0.645 bits per heavy atom. The van der Waals surface area contributed by atoms with Gasteiger partial charge in [-0.05, 0) is 25.9 Å². The SMILES string of the molecule is O=C(NCCCNCCCNC(=O)/C(=N/O)c1ccccc1)/C(=N/O)c1ccccc1. The van der Waals surface area contributed by atoms with E-state index in [0.717, 1.165) is 0 Å². The third-order valence-corrected chi connectivity index (χ3v) is 4.36. The molecule has 31 heavy (non-hydrogen) atoms. The van der Waals surface area contributed by atoms with E-state index in [1.165, 1.54) is 0 Å². The zero-order valence-corrected chi connectivity index (χ0v) is 17.1. The molecular formula is C22H27N5O4. The fourth-order valence-corrected chi connectivity index (χ4v) is 2.78. The number of carbonyl (C=O) groups is 2. The van der Waals surface area contributed by atoms with Crippen LogP contribution in [0.4, 0.5) is 0 Å². The Hall–Kier alpha value is -3.72. The molecule has 2 aromatic carbocycles. The van der Waals surface area contributed by atoms with Crippen LogP contribution in [-0.2, 0) is 9.59 Å². The van der Waals surface area contributed by atoms with E-state index in [4.69, 9.17) is 10.4 Å². The summed E-state index contributed by atoms with van der Waals surface area (Å²) in [5.41, 5.74) is 1.05. The molecule has 0 radical (unpaired) electrons. The van der Waals surface area contributed by atoms with Crippen molar-refractivity contribution < 1.29 is 20.0 Å². The smallest absolute Gasteiger partial charge is 0.273 e. The Balaban J connectivity index is 1.56. The standard InChI is InChI=1S/C22H27N5O4/c28-21(19(26-30)17-9-3-1-4-10-17)24-15-7-13-23-14-8-16-25-22(29)20(27-31)18-11-5-2-6-12-18/h1-6,9-12,23,30-31H,7-8,13-16H2,(H,24,28)(H,25,29)/b26-19+,27-20+. The molecule has 0 aliphatic rings. The molecule has 2 amide bonds. The highest BCUT2D eigenvalue weighted by Crippen LogP contribution is 2.02. The fourth-order valence-electron chi connectivity index (χ4n) is 2.78. The van der Waals surface area contributed by atoms with Crippen molar-refractivity contribution in [2.75, 3.05) is 26.2 Å². The molecule has 0 spiro atoms. The number of amides is 2. The van der Waals surface area contributed by atoms with Crippen LogP contribution in [0, 0.1) is 0 Å². The monoisotopic (exact) mass is 425 g/mol. The van der Waals surface area contributed by atoms with Gasteiger partial charge in [0.15, 0.2) is 11.4 Å². The lowest BCUT2D eigenvalue weighted by molar-refractivity contribution is -0.115. The summed E-state index contributed by atoms with van der Waals surface area (Å²) in [6, 6.07) is 17.5. The van der Waals surface area contributed by atoms with Crippen LogP contribution in [0.2, 0.25) is 0 Å². The molecule has 0 saturated heterocycles. The van der Waals surface area contributed by atoms with E-state index in [1.807, 2.05) is 12.1 Å². The van der Waals surface area contributed by atoms with Crippen molar-refractivity contribution in [3.63, 3.8) is 0 Å². The van der Waals surface area contributed by atoms with E-state index in [9.17, 15) is 9.59 Å². The summed E-state index contributed by atoms with van der Waals surface area (Å²) in [7, 11) is 0. The van der Waals surface area contributed by atoms with Gasteiger partial charge >= 0.3 is 0 Å². The molecule has 0 atom stereocenters. The van der Waals surface area contributed by atoms with E-state index >= 15 is 0 Å². The highest BCUT2D eigenvalue weighted by atomic mass is 16.4. The zero-order valence-electron chi connectivity index (χ0n) is 17.1. The first-order chi connectivity index (χ1) is 15.2. The first-order valence-electron chi connectivity index (χ1n) is 9.99. The van der Waals surface area contributed by atoms with Gasteiger partial charge < -0.3 is 26.4 Å². The second kappa shape index (κ2) is 13.5. The molecule has 2 aromatic rings. The number of oxime groups is 2. The summed E-state index contributed by atoms with van der Waals surface area (Å²) in [5.74, 6) is -0.868. The minimum absolute atomic E-state index is 0.0226. The maximum absolute atomic E-state index is 12.1. The van der Waals surface area contributed by atoms with Gasteiger partial charge in [-0.3, -0.25) is 9.59 Å². The average molecular weight is 425 g/mol. The van der Waals surface area contributed by atoms with Crippen molar-refractivity contribution >= 4 is 23.2 Å². The fraction of sp³-hybridized carbons (Fsp3) is 0.273. The van der Waals surface area contributed by atoms with Gasteiger partial charge in [-0.25, -0.2) is 0 Å². The van der Waals surface area contributed by atoms with Crippen LogP contribution in [0.25, 0.3) is 0 Å². The normalized spacial score (nSPS) is 11.7. The van der Waals surface area contributed by atoms with Crippen LogP contribution in [0.3, 0.4) is 0 Å². The second-order valence-electron chi connectivity index (χ2n) is 6.60. The molecule has 0 bridgehead atoms. The molecule has 5 N–H and O–H groups in total. The predicted octanol–water partition coefficient (Wildman–Crippen LogP) is 1.35. The Kier molecular flexibility index (Phi) is 10.3. The largest absolute Gasteiger partial charge is 0.410 e. The lowest BCUT2D eigenvalue weighted by atomic mass is 10.1. The van der Waals surface area contributed by atoms with Gasteiger partial charge in [0.1, 0.15) is 0 Å².